The number of allylic oxidation sites excluding steroid dienone is 4. The average molecular weight is 314 g/mol. The molecule has 0 aromatic carbocycles. The smallest absolute Gasteiger partial charge is 0.305 e. The van der Waals surface area contributed by atoms with Crippen LogP contribution in [0.15, 0.2) is 22.8 Å². The highest BCUT2D eigenvalue weighted by molar-refractivity contribution is 5.69. The van der Waals surface area contributed by atoms with Crippen LogP contribution in [0.4, 0.5) is 0 Å². The Balaban J connectivity index is 1.62. The third kappa shape index (κ3) is 2.40. The fraction of sp³-hybridized carbons (Fsp3) is 0.762. The van der Waals surface area contributed by atoms with Gasteiger partial charge in [0.1, 0.15) is 6.10 Å². The van der Waals surface area contributed by atoms with E-state index in [0.717, 1.165) is 18.8 Å². The molecule has 2 heteroatoms. The molecule has 4 aliphatic carbocycles. The van der Waals surface area contributed by atoms with Crippen LogP contribution < -0.4 is 0 Å². The van der Waals surface area contributed by atoms with Crippen LogP contribution in [-0.4, -0.2) is 12.1 Å². The largest absolute Gasteiger partial charge is 0.462 e. The minimum Gasteiger partial charge on any atom is -0.462 e. The molecule has 4 atom stereocenters. The molecule has 0 aromatic rings. The minimum atomic E-state index is -0.0208. The second-order valence-electron chi connectivity index (χ2n) is 8.32. The van der Waals surface area contributed by atoms with Crippen molar-refractivity contribution in [1.82, 2.24) is 0 Å². The zero-order valence-electron chi connectivity index (χ0n) is 14.7. The lowest BCUT2D eigenvalue weighted by Gasteiger charge is -2.47. The molecule has 4 aliphatic rings. The summed E-state index contributed by atoms with van der Waals surface area (Å²) in [4.78, 5) is 11.8. The highest BCUT2D eigenvalue weighted by Crippen LogP contribution is 2.59. The monoisotopic (exact) mass is 314 g/mol. The van der Waals surface area contributed by atoms with Crippen molar-refractivity contribution < 1.29 is 9.53 Å². The van der Waals surface area contributed by atoms with Crippen molar-refractivity contribution in [2.75, 3.05) is 0 Å². The normalized spacial score (nSPS) is 39.2. The number of ether oxygens (including phenoxy) is 1. The van der Waals surface area contributed by atoms with Crippen molar-refractivity contribution in [1.29, 1.82) is 0 Å². The number of hydrogen-bond acceptors (Lipinski definition) is 2. The van der Waals surface area contributed by atoms with Crippen molar-refractivity contribution in [2.24, 2.45) is 17.3 Å². The van der Waals surface area contributed by atoms with Gasteiger partial charge in [0, 0.05) is 11.8 Å². The maximum atomic E-state index is 11.8. The Kier molecular flexibility index (Phi) is 3.90. The van der Waals surface area contributed by atoms with Gasteiger partial charge in [0.2, 0.25) is 0 Å². The summed E-state index contributed by atoms with van der Waals surface area (Å²) in [5.74, 6) is 1.43. The van der Waals surface area contributed by atoms with Crippen LogP contribution in [0.1, 0.15) is 78.1 Å². The predicted molar refractivity (Wildman–Crippen MR) is 91.9 cm³/mol. The molecule has 0 saturated heterocycles. The number of rotatable bonds is 2. The van der Waals surface area contributed by atoms with Crippen LogP contribution in [-0.2, 0) is 9.53 Å². The number of carbonyl (C=O) groups is 1. The molecule has 126 valence electrons. The van der Waals surface area contributed by atoms with E-state index in [-0.39, 0.29) is 17.5 Å². The first-order chi connectivity index (χ1) is 11.1. The van der Waals surface area contributed by atoms with Crippen molar-refractivity contribution in [3.8, 4) is 0 Å². The summed E-state index contributed by atoms with van der Waals surface area (Å²) in [6.45, 7) is 4.28. The highest BCUT2D eigenvalue weighted by atomic mass is 16.5. The van der Waals surface area contributed by atoms with Crippen LogP contribution in [0, 0.1) is 17.3 Å². The molecule has 0 bridgehead atoms. The van der Waals surface area contributed by atoms with E-state index in [1.165, 1.54) is 44.9 Å². The Hall–Kier alpha value is -1.05. The number of hydrogen-bond donors (Lipinski definition) is 0. The summed E-state index contributed by atoms with van der Waals surface area (Å²) in [5.41, 5.74) is 5.39. The summed E-state index contributed by atoms with van der Waals surface area (Å²) in [6, 6.07) is 0. The van der Waals surface area contributed by atoms with Crippen molar-refractivity contribution >= 4 is 5.97 Å². The van der Waals surface area contributed by atoms with Crippen LogP contribution in [0.25, 0.3) is 0 Å². The lowest BCUT2D eigenvalue weighted by molar-refractivity contribution is -0.155. The molecule has 0 aromatic heterocycles. The van der Waals surface area contributed by atoms with Gasteiger partial charge < -0.3 is 4.74 Å². The molecule has 0 amide bonds. The van der Waals surface area contributed by atoms with E-state index in [4.69, 9.17) is 4.74 Å². The second-order valence-corrected chi connectivity index (χ2v) is 8.32. The Morgan fingerprint density at radius 2 is 2.04 bits per heavy atom. The fourth-order valence-electron chi connectivity index (χ4n) is 5.93. The molecule has 1 fully saturated rings. The van der Waals surface area contributed by atoms with Gasteiger partial charge in [0.25, 0.3) is 0 Å². The van der Waals surface area contributed by atoms with Gasteiger partial charge >= 0.3 is 5.97 Å². The average Bonchev–Trinajstić information content (AvgIpc) is 2.91. The van der Waals surface area contributed by atoms with Gasteiger partial charge in [-0.1, -0.05) is 25.5 Å². The molecule has 0 radical (unpaired) electrons. The standard InChI is InChI=1S/C21H30O2/c1-3-20(22)23-19-11-10-18-17-9-8-14-6-4-5-7-15(14)16(17)12-13-21(18,19)2/h12,17-19H,3-11,13H2,1-2H3/t17-,18+,19+,21+/m1/s1. The van der Waals surface area contributed by atoms with Crippen LogP contribution >= 0.6 is 0 Å². The molecule has 0 unspecified atom stereocenters. The maximum Gasteiger partial charge on any atom is 0.305 e. The van der Waals surface area contributed by atoms with E-state index in [2.05, 4.69) is 13.0 Å². The number of carbonyl (C=O) groups excluding carboxylic acids is 1. The maximum absolute atomic E-state index is 11.8. The lowest BCUT2D eigenvalue weighted by atomic mass is 9.58. The van der Waals surface area contributed by atoms with Crippen molar-refractivity contribution in [3.05, 3.63) is 22.8 Å². The quantitative estimate of drug-likeness (QED) is 0.643. The van der Waals surface area contributed by atoms with Gasteiger partial charge in [0.15, 0.2) is 0 Å². The first kappa shape index (κ1) is 15.5. The predicted octanol–water partition coefficient (Wildman–Crippen LogP) is 5.34. The Morgan fingerprint density at radius 1 is 1.22 bits per heavy atom. The van der Waals surface area contributed by atoms with Crippen molar-refractivity contribution in [2.45, 2.75) is 84.2 Å². The van der Waals surface area contributed by atoms with E-state index in [9.17, 15) is 4.79 Å². The molecular formula is C21H30O2. The Morgan fingerprint density at radius 3 is 2.87 bits per heavy atom. The van der Waals surface area contributed by atoms with E-state index in [0.29, 0.717) is 12.3 Å². The van der Waals surface area contributed by atoms with Crippen LogP contribution in [0.3, 0.4) is 0 Å². The molecule has 4 rings (SSSR count). The molecule has 23 heavy (non-hydrogen) atoms. The molecular weight excluding hydrogens is 284 g/mol. The molecule has 2 nitrogen and oxygen atoms in total. The Bertz CT molecular complexity index is 570. The topological polar surface area (TPSA) is 26.3 Å². The summed E-state index contributed by atoms with van der Waals surface area (Å²) in [6.07, 6.45) is 14.7. The molecule has 0 spiro atoms. The second kappa shape index (κ2) is 5.79. The zero-order chi connectivity index (χ0) is 16.0. The van der Waals surface area contributed by atoms with Gasteiger partial charge in [-0.05, 0) is 80.8 Å². The third-order valence-corrected chi connectivity index (χ3v) is 7.22. The first-order valence-electron chi connectivity index (χ1n) is 9.74. The van der Waals surface area contributed by atoms with Gasteiger partial charge in [-0.2, -0.15) is 0 Å². The molecule has 0 heterocycles. The first-order valence-corrected chi connectivity index (χ1v) is 9.74. The third-order valence-electron chi connectivity index (χ3n) is 7.22. The van der Waals surface area contributed by atoms with Gasteiger partial charge in [0.05, 0.1) is 0 Å². The van der Waals surface area contributed by atoms with E-state index < -0.39 is 0 Å². The fourth-order valence-corrected chi connectivity index (χ4v) is 5.93. The van der Waals surface area contributed by atoms with Gasteiger partial charge in [-0.15, -0.1) is 0 Å². The zero-order valence-corrected chi connectivity index (χ0v) is 14.7. The van der Waals surface area contributed by atoms with E-state index >= 15 is 0 Å². The number of fused-ring (bicyclic) bond motifs is 4. The highest BCUT2D eigenvalue weighted by Gasteiger charge is 2.54. The lowest BCUT2D eigenvalue weighted by Crippen LogP contribution is -2.42. The SMILES string of the molecule is CCC(=O)O[C@H]1CC[C@H]2[C@@H]3CCC4=C(CCCC4)C3=CC[C@]12C. The van der Waals surface area contributed by atoms with E-state index in [1.807, 2.05) is 6.92 Å². The molecule has 0 N–H and O–H groups in total. The summed E-state index contributed by atoms with van der Waals surface area (Å²) < 4.78 is 5.84. The molecule has 0 aliphatic heterocycles. The van der Waals surface area contributed by atoms with Crippen molar-refractivity contribution in [3.63, 3.8) is 0 Å². The number of esters is 1. The summed E-state index contributed by atoms with van der Waals surface area (Å²) in [7, 11) is 0. The van der Waals surface area contributed by atoms with Crippen LogP contribution in [0.5, 0.6) is 0 Å². The summed E-state index contributed by atoms with van der Waals surface area (Å²) in [5, 5.41) is 0. The molecule has 1 saturated carbocycles. The van der Waals surface area contributed by atoms with E-state index in [1.54, 1.807) is 16.7 Å². The van der Waals surface area contributed by atoms with Crippen LogP contribution in [0.2, 0.25) is 0 Å². The Labute approximate surface area is 140 Å². The van der Waals surface area contributed by atoms with Gasteiger partial charge in [-0.3, -0.25) is 4.79 Å². The van der Waals surface area contributed by atoms with Gasteiger partial charge in [-0.25, -0.2) is 0 Å². The minimum absolute atomic E-state index is 0.0208. The summed E-state index contributed by atoms with van der Waals surface area (Å²) >= 11 is 0.